The Labute approximate surface area is 106 Å². The molecule has 3 heteroatoms. The van der Waals surface area contributed by atoms with Crippen molar-refractivity contribution in [3.8, 4) is 12.3 Å². The van der Waals surface area contributed by atoms with Gasteiger partial charge in [-0.25, -0.2) is 0 Å². The number of halogens is 1. The monoisotopic (exact) mass is 280 g/mol. The Hall–Kier alpha value is -0.850. The van der Waals surface area contributed by atoms with E-state index in [4.69, 9.17) is 6.42 Å². The Morgan fingerprint density at radius 2 is 2.44 bits per heavy atom. The van der Waals surface area contributed by atoms with Crippen LogP contribution < -0.4 is 5.32 Å². The lowest BCUT2D eigenvalue weighted by Crippen LogP contribution is -2.22. The van der Waals surface area contributed by atoms with Crippen LogP contribution in [0.2, 0.25) is 0 Å². The number of unbranched alkanes of at least 4 members (excludes halogenated alkanes) is 1. The van der Waals surface area contributed by atoms with E-state index in [9.17, 15) is 0 Å². The van der Waals surface area contributed by atoms with Gasteiger partial charge in [-0.05, 0) is 47.4 Å². The summed E-state index contributed by atoms with van der Waals surface area (Å²) >= 11 is 3.53. The number of aromatic nitrogens is 1. The summed E-state index contributed by atoms with van der Waals surface area (Å²) < 4.78 is 1.06. The molecule has 0 aliphatic heterocycles. The second-order valence-electron chi connectivity index (χ2n) is 3.58. The fourth-order valence-electron chi connectivity index (χ4n) is 1.64. The van der Waals surface area contributed by atoms with Crippen molar-refractivity contribution >= 4 is 15.9 Å². The van der Waals surface area contributed by atoms with E-state index in [0.29, 0.717) is 0 Å². The van der Waals surface area contributed by atoms with E-state index in [1.165, 1.54) is 0 Å². The molecule has 0 aliphatic carbocycles. The molecule has 1 aromatic rings. The number of hydrogen-bond donors (Lipinski definition) is 1. The van der Waals surface area contributed by atoms with Crippen LogP contribution in [0.15, 0.2) is 22.8 Å². The first kappa shape index (κ1) is 13.2. The molecule has 1 heterocycles. The van der Waals surface area contributed by atoms with Gasteiger partial charge in [-0.3, -0.25) is 4.98 Å². The van der Waals surface area contributed by atoms with E-state index < -0.39 is 0 Å². The molecule has 2 nitrogen and oxygen atoms in total. The summed E-state index contributed by atoms with van der Waals surface area (Å²) in [5.41, 5.74) is 1.07. The summed E-state index contributed by atoms with van der Waals surface area (Å²) in [4.78, 5) is 4.41. The summed E-state index contributed by atoms with van der Waals surface area (Å²) in [6.45, 7) is 3.04. The lowest BCUT2D eigenvalue weighted by Gasteiger charge is -2.17. The highest BCUT2D eigenvalue weighted by atomic mass is 79.9. The summed E-state index contributed by atoms with van der Waals surface area (Å²) in [7, 11) is 0. The molecule has 0 amide bonds. The number of nitrogens with one attached hydrogen (secondary N) is 1. The van der Waals surface area contributed by atoms with Gasteiger partial charge in [0.2, 0.25) is 0 Å². The first-order valence-corrected chi connectivity index (χ1v) is 6.36. The fourth-order valence-corrected chi connectivity index (χ4v) is 2.18. The number of terminal acetylenes is 1. The Morgan fingerprint density at radius 3 is 3.06 bits per heavy atom. The zero-order chi connectivity index (χ0) is 11.8. The Kier molecular flexibility index (Phi) is 6.14. The molecular weight excluding hydrogens is 264 g/mol. The number of nitrogens with zero attached hydrogens (tertiary/aromatic N) is 1. The van der Waals surface area contributed by atoms with Gasteiger partial charge in [-0.1, -0.05) is 6.92 Å². The van der Waals surface area contributed by atoms with Crippen molar-refractivity contribution in [2.24, 2.45) is 0 Å². The minimum absolute atomic E-state index is 0.286. The smallest absolute Gasteiger partial charge is 0.0714 e. The van der Waals surface area contributed by atoms with Gasteiger partial charge >= 0.3 is 0 Å². The van der Waals surface area contributed by atoms with Crippen molar-refractivity contribution in [3.05, 3.63) is 28.5 Å². The van der Waals surface area contributed by atoms with Gasteiger partial charge in [0.15, 0.2) is 0 Å². The zero-order valence-electron chi connectivity index (χ0n) is 9.54. The van der Waals surface area contributed by atoms with Crippen molar-refractivity contribution < 1.29 is 0 Å². The van der Waals surface area contributed by atoms with Crippen LogP contribution in [0.3, 0.4) is 0 Å². The van der Waals surface area contributed by atoms with Crippen molar-refractivity contribution in [1.29, 1.82) is 0 Å². The molecule has 1 rings (SSSR count). The van der Waals surface area contributed by atoms with Gasteiger partial charge in [-0.2, -0.15) is 0 Å². The van der Waals surface area contributed by atoms with E-state index in [1.54, 1.807) is 0 Å². The van der Waals surface area contributed by atoms with Crippen LogP contribution in [-0.2, 0) is 0 Å². The number of pyridine rings is 1. The molecule has 0 aliphatic rings. The molecule has 0 spiro atoms. The average molecular weight is 281 g/mol. The van der Waals surface area contributed by atoms with Crippen molar-refractivity contribution in [1.82, 2.24) is 10.3 Å². The van der Waals surface area contributed by atoms with Crippen molar-refractivity contribution in [2.45, 2.75) is 32.2 Å². The van der Waals surface area contributed by atoms with Crippen molar-refractivity contribution in [3.63, 3.8) is 0 Å². The predicted octanol–water partition coefficient (Wildman–Crippen LogP) is 3.30. The first-order chi connectivity index (χ1) is 7.79. The van der Waals surface area contributed by atoms with Gasteiger partial charge in [0, 0.05) is 17.1 Å². The van der Waals surface area contributed by atoms with E-state index in [2.05, 4.69) is 39.1 Å². The topological polar surface area (TPSA) is 24.9 Å². The Bertz CT molecular complexity index is 357. The van der Waals surface area contributed by atoms with Crippen LogP contribution in [0.1, 0.15) is 37.9 Å². The van der Waals surface area contributed by atoms with Crippen LogP contribution in [0, 0.1) is 12.3 Å². The molecule has 1 atom stereocenters. The van der Waals surface area contributed by atoms with Crippen LogP contribution in [-0.4, -0.2) is 11.5 Å². The summed E-state index contributed by atoms with van der Waals surface area (Å²) in [6, 6.07) is 4.24. The van der Waals surface area contributed by atoms with Crippen LogP contribution in [0.5, 0.6) is 0 Å². The second kappa shape index (κ2) is 7.43. The maximum absolute atomic E-state index is 5.26. The molecule has 0 saturated carbocycles. The van der Waals surface area contributed by atoms with E-state index >= 15 is 0 Å². The molecule has 0 bridgehead atoms. The SMILES string of the molecule is C#CCCCC(NCC)c1ncccc1Br. The molecule has 0 radical (unpaired) electrons. The third-order valence-electron chi connectivity index (χ3n) is 2.38. The first-order valence-electron chi connectivity index (χ1n) is 5.56. The highest BCUT2D eigenvalue weighted by Crippen LogP contribution is 2.24. The second-order valence-corrected chi connectivity index (χ2v) is 4.43. The lowest BCUT2D eigenvalue weighted by atomic mass is 10.1. The van der Waals surface area contributed by atoms with E-state index in [0.717, 1.165) is 36.0 Å². The summed E-state index contributed by atoms with van der Waals surface area (Å²) in [5, 5.41) is 3.44. The normalized spacial score (nSPS) is 12.1. The maximum atomic E-state index is 5.26. The highest BCUT2D eigenvalue weighted by molar-refractivity contribution is 9.10. The Balaban J connectivity index is 2.69. The molecule has 86 valence electrons. The Morgan fingerprint density at radius 1 is 1.62 bits per heavy atom. The quantitative estimate of drug-likeness (QED) is 0.639. The molecule has 1 N–H and O–H groups in total. The van der Waals surface area contributed by atoms with Crippen LogP contribution in [0.4, 0.5) is 0 Å². The molecular formula is C13H17BrN2. The van der Waals surface area contributed by atoms with Gasteiger partial charge in [0.1, 0.15) is 0 Å². The van der Waals surface area contributed by atoms with Crippen LogP contribution in [0.25, 0.3) is 0 Å². The molecule has 1 aromatic heterocycles. The highest BCUT2D eigenvalue weighted by Gasteiger charge is 2.13. The number of rotatable bonds is 6. The predicted molar refractivity (Wildman–Crippen MR) is 71.0 cm³/mol. The molecule has 1 unspecified atom stereocenters. The van der Waals surface area contributed by atoms with Gasteiger partial charge in [-0.15, -0.1) is 12.3 Å². The average Bonchev–Trinajstić information content (AvgIpc) is 2.29. The molecule has 0 aromatic carbocycles. The molecule has 0 saturated heterocycles. The van der Waals surface area contributed by atoms with Crippen LogP contribution >= 0.6 is 15.9 Å². The standard InChI is InChI=1S/C13H17BrN2/c1-3-5-6-9-12(15-4-2)13-11(14)8-7-10-16-13/h1,7-8,10,12,15H,4-6,9H2,2H3. The van der Waals surface area contributed by atoms with E-state index in [-0.39, 0.29) is 6.04 Å². The minimum Gasteiger partial charge on any atom is -0.309 e. The fraction of sp³-hybridized carbons (Fsp3) is 0.462. The molecule has 16 heavy (non-hydrogen) atoms. The molecule has 0 fully saturated rings. The summed E-state index contributed by atoms with van der Waals surface area (Å²) in [6.07, 6.45) is 9.96. The summed E-state index contributed by atoms with van der Waals surface area (Å²) in [5.74, 6) is 2.67. The van der Waals surface area contributed by atoms with Crippen molar-refractivity contribution in [2.75, 3.05) is 6.54 Å². The zero-order valence-corrected chi connectivity index (χ0v) is 11.1. The maximum Gasteiger partial charge on any atom is 0.0714 e. The number of hydrogen-bond acceptors (Lipinski definition) is 2. The third-order valence-corrected chi connectivity index (χ3v) is 3.05. The van der Waals surface area contributed by atoms with Gasteiger partial charge < -0.3 is 5.32 Å². The third kappa shape index (κ3) is 3.96. The van der Waals surface area contributed by atoms with Gasteiger partial charge in [0.25, 0.3) is 0 Å². The lowest BCUT2D eigenvalue weighted by molar-refractivity contribution is 0.489. The largest absolute Gasteiger partial charge is 0.309 e. The minimum atomic E-state index is 0.286. The van der Waals surface area contributed by atoms with Gasteiger partial charge in [0.05, 0.1) is 11.7 Å². The van der Waals surface area contributed by atoms with E-state index in [1.807, 2.05) is 18.3 Å².